The van der Waals surface area contributed by atoms with Gasteiger partial charge in [0.2, 0.25) is 0 Å². The molecule has 0 aliphatic carbocycles. The molecule has 4 N–H and O–H groups in total. The Labute approximate surface area is 151 Å². The Balaban J connectivity index is 0.00000312. The van der Waals surface area contributed by atoms with Gasteiger partial charge in [-0.15, -0.1) is 12.4 Å². The number of amides is 2. The number of methoxy groups -OCH3 is 2. The topological polar surface area (TPSA) is 116 Å². The number of carbonyl (C=O) groups is 2. The van der Waals surface area contributed by atoms with E-state index in [1.165, 1.54) is 38.7 Å². The van der Waals surface area contributed by atoms with Crippen molar-refractivity contribution in [1.29, 1.82) is 0 Å². The summed E-state index contributed by atoms with van der Waals surface area (Å²) in [6, 6.07) is 6.11. The standard InChI is InChI=1S/C16H19N3O5.ClH/c1-22-13-8-10(15(20)18-6-5-17)11(9-14(13)23-2)19-16(21)12-4-3-7-24-12;/h3-4,7-9H,5-6,17H2,1-2H3,(H,18,20)(H,19,21);1H. The number of hydrogen-bond donors (Lipinski definition) is 3. The van der Waals surface area contributed by atoms with Gasteiger partial charge in [-0.1, -0.05) is 0 Å². The van der Waals surface area contributed by atoms with Gasteiger partial charge < -0.3 is 30.3 Å². The fourth-order valence-corrected chi connectivity index (χ4v) is 2.04. The van der Waals surface area contributed by atoms with E-state index in [0.29, 0.717) is 24.6 Å². The van der Waals surface area contributed by atoms with Gasteiger partial charge in [0, 0.05) is 19.2 Å². The molecule has 0 aliphatic rings. The van der Waals surface area contributed by atoms with E-state index in [0.717, 1.165) is 0 Å². The highest BCUT2D eigenvalue weighted by Crippen LogP contribution is 2.33. The van der Waals surface area contributed by atoms with Crippen molar-refractivity contribution in [3.63, 3.8) is 0 Å². The molecule has 0 bridgehead atoms. The molecule has 25 heavy (non-hydrogen) atoms. The van der Waals surface area contributed by atoms with Crippen LogP contribution in [-0.4, -0.2) is 39.1 Å². The minimum Gasteiger partial charge on any atom is -0.493 e. The number of furan rings is 1. The lowest BCUT2D eigenvalue weighted by Crippen LogP contribution is -2.30. The van der Waals surface area contributed by atoms with Crippen molar-refractivity contribution < 1.29 is 23.5 Å². The Hall–Kier alpha value is -2.71. The molecule has 0 aliphatic heterocycles. The van der Waals surface area contributed by atoms with Crippen LogP contribution < -0.4 is 25.8 Å². The van der Waals surface area contributed by atoms with Crippen LogP contribution in [0, 0.1) is 0 Å². The monoisotopic (exact) mass is 369 g/mol. The van der Waals surface area contributed by atoms with Gasteiger partial charge in [0.25, 0.3) is 11.8 Å². The first kappa shape index (κ1) is 20.3. The summed E-state index contributed by atoms with van der Waals surface area (Å²) in [5, 5.41) is 5.29. The Morgan fingerprint density at radius 2 is 1.84 bits per heavy atom. The molecule has 0 radical (unpaired) electrons. The SMILES string of the molecule is COc1cc(NC(=O)c2ccco2)c(C(=O)NCCN)cc1OC.Cl. The van der Waals surface area contributed by atoms with Gasteiger partial charge in [-0.05, 0) is 18.2 Å². The summed E-state index contributed by atoms with van der Waals surface area (Å²) in [5.41, 5.74) is 5.89. The van der Waals surface area contributed by atoms with Gasteiger partial charge in [-0.2, -0.15) is 0 Å². The Morgan fingerprint density at radius 1 is 1.16 bits per heavy atom. The Kier molecular flexibility index (Phi) is 7.77. The Morgan fingerprint density at radius 3 is 2.40 bits per heavy atom. The van der Waals surface area contributed by atoms with Crippen LogP contribution in [0.1, 0.15) is 20.9 Å². The lowest BCUT2D eigenvalue weighted by molar-refractivity contribution is 0.0955. The number of benzene rings is 1. The van der Waals surface area contributed by atoms with Crippen LogP contribution >= 0.6 is 12.4 Å². The van der Waals surface area contributed by atoms with E-state index in [1.54, 1.807) is 6.07 Å². The zero-order valence-electron chi connectivity index (χ0n) is 13.8. The fourth-order valence-electron chi connectivity index (χ4n) is 2.04. The highest BCUT2D eigenvalue weighted by molar-refractivity contribution is 6.08. The first-order valence-electron chi connectivity index (χ1n) is 7.19. The van der Waals surface area contributed by atoms with Crippen molar-refractivity contribution in [2.24, 2.45) is 5.73 Å². The highest BCUT2D eigenvalue weighted by Gasteiger charge is 2.19. The number of halogens is 1. The van der Waals surface area contributed by atoms with Crippen LogP contribution in [-0.2, 0) is 0 Å². The zero-order chi connectivity index (χ0) is 17.5. The molecule has 0 unspecified atom stereocenters. The van der Waals surface area contributed by atoms with Crippen LogP contribution in [0.3, 0.4) is 0 Å². The van der Waals surface area contributed by atoms with Gasteiger partial charge in [-0.3, -0.25) is 9.59 Å². The number of nitrogens with one attached hydrogen (secondary N) is 2. The molecule has 8 nitrogen and oxygen atoms in total. The van der Waals surface area contributed by atoms with Crippen molar-refractivity contribution in [1.82, 2.24) is 5.32 Å². The zero-order valence-corrected chi connectivity index (χ0v) is 14.6. The second-order valence-electron chi connectivity index (χ2n) is 4.73. The van der Waals surface area contributed by atoms with Crippen LogP contribution in [0.5, 0.6) is 11.5 Å². The summed E-state index contributed by atoms with van der Waals surface area (Å²) in [4.78, 5) is 24.5. The molecule has 2 aromatic rings. The van der Waals surface area contributed by atoms with Crippen molar-refractivity contribution in [3.8, 4) is 11.5 Å². The van der Waals surface area contributed by atoms with Gasteiger partial charge in [0.05, 0.1) is 31.7 Å². The average Bonchev–Trinajstić information content (AvgIpc) is 3.13. The van der Waals surface area contributed by atoms with E-state index >= 15 is 0 Å². The molecule has 0 saturated carbocycles. The van der Waals surface area contributed by atoms with E-state index in [-0.39, 0.29) is 29.4 Å². The molecule has 0 saturated heterocycles. The van der Waals surface area contributed by atoms with Gasteiger partial charge >= 0.3 is 0 Å². The molecular weight excluding hydrogens is 350 g/mol. The summed E-state index contributed by atoms with van der Waals surface area (Å²) in [6.45, 7) is 0.603. The van der Waals surface area contributed by atoms with Crippen LogP contribution in [0.15, 0.2) is 34.9 Å². The molecule has 1 heterocycles. The maximum absolute atomic E-state index is 12.3. The van der Waals surface area contributed by atoms with Crippen molar-refractivity contribution in [2.75, 3.05) is 32.6 Å². The van der Waals surface area contributed by atoms with Crippen molar-refractivity contribution >= 4 is 29.9 Å². The third-order valence-corrected chi connectivity index (χ3v) is 3.19. The molecule has 9 heteroatoms. The first-order valence-corrected chi connectivity index (χ1v) is 7.19. The average molecular weight is 370 g/mol. The molecular formula is C16H20ClN3O5. The molecule has 0 fully saturated rings. The lowest BCUT2D eigenvalue weighted by Gasteiger charge is -2.15. The van der Waals surface area contributed by atoms with E-state index in [4.69, 9.17) is 19.6 Å². The van der Waals surface area contributed by atoms with Crippen LogP contribution in [0.2, 0.25) is 0 Å². The number of rotatable bonds is 7. The fraction of sp³-hybridized carbons (Fsp3) is 0.250. The third kappa shape index (κ3) is 4.88. The number of carbonyl (C=O) groups excluding carboxylic acids is 2. The van der Waals surface area contributed by atoms with E-state index in [9.17, 15) is 9.59 Å². The summed E-state index contributed by atoms with van der Waals surface area (Å²) < 4.78 is 15.5. The van der Waals surface area contributed by atoms with Gasteiger partial charge in [-0.25, -0.2) is 0 Å². The minimum atomic E-state index is -0.486. The maximum Gasteiger partial charge on any atom is 0.291 e. The smallest absolute Gasteiger partial charge is 0.291 e. The third-order valence-electron chi connectivity index (χ3n) is 3.19. The van der Waals surface area contributed by atoms with Crippen LogP contribution in [0.25, 0.3) is 0 Å². The number of hydrogen-bond acceptors (Lipinski definition) is 6. The predicted molar refractivity (Wildman–Crippen MR) is 94.8 cm³/mol. The number of anilines is 1. The first-order chi connectivity index (χ1) is 11.6. The largest absolute Gasteiger partial charge is 0.493 e. The van der Waals surface area contributed by atoms with Gasteiger partial charge in [0.1, 0.15) is 0 Å². The normalized spacial score (nSPS) is 9.72. The molecule has 2 rings (SSSR count). The minimum absolute atomic E-state index is 0. The van der Waals surface area contributed by atoms with E-state index in [2.05, 4.69) is 10.6 Å². The summed E-state index contributed by atoms with van der Waals surface area (Å²) in [7, 11) is 2.92. The van der Waals surface area contributed by atoms with E-state index in [1.807, 2.05) is 0 Å². The highest BCUT2D eigenvalue weighted by atomic mass is 35.5. The molecule has 136 valence electrons. The molecule has 1 aromatic carbocycles. The van der Waals surface area contributed by atoms with Crippen LogP contribution in [0.4, 0.5) is 5.69 Å². The molecule has 2 amide bonds. The summed E-state index contributed by atoms with van der Waals surface area (Å²) in [6.07, 6.45) is 1.39. The molecule has 1 aromatic heterocycles. The molecule has 0 spiro atoms. The van der Waals surface area contributed by atoms with E-state index < -0.39 is 11.8 Å². The second kappa shape index (κ2) is 9.55. The number of nitrogens with two attached hydrogens (primary N) is 1. The number of ether oxygens (including phenoxy) is 2. The summed E-state index contributed by atoms with van der Waals surface area (Å²) in [5.74, 6) is -0.0108. The maximum atomic E-state index is 12.3. The molecule has 0 atom stereocenters. The van der Waals surface area contributed by atoms with Gasteiger partial charge in [0.15, 0.2) is 17.3 Å². The quantitative estimate of drug-likeness (QED) is 0.683. The second-order valence-corrected chi connectivity index (χ2v) is 4.73. The van der Waals surface area contributed by atoms with Crippen molar-refractivity contribution in [3.05, 3.63) is 41.9 Å². The lowest BCUT2D eigenvalue weighted by atomic mass is 10.1. The Bertz CT molecular complexity index is 719. The van der Waals surface area contributed by atoms with Crippen molar-refractivity contribution in [2.45, 2.75) is 0 Å². The summed E-state index contributed by atoms with van der Waals surface area (Å²) >= 11 is 0. The predicted octanol–water partition coefficient (Wildman–Crippen LogP) is 1.66.